The third-order valence-corrected chi connectivity index (χ3v) is 5.52. The van der Waals surface area contributed by atoms with Gasteiger partial charge in [-0.3, -0.25) is 9.59 Å². The first-order valence-electron chi connectivity index (χ1n) is 8.61. The first kappa shape index (κ1) is 16.8. The molecule has 7 heteroatoms. The predicted octanol–water partition coefficient (Wildman–Crippen LogP) is 3.69. The van der Waals surface area contributed by atoms with Crippen LogP contribution in [-0.2, 0) is 4.79 Å². The number of likely N-dealkylation sites (tertiary alicyclic amines) is 1. The first-order chi connectivity index (χ1) is 12.6. The van der Waals surface area contributed by atoms with Crippen LogP contribution in [0.3, 0.4) is 0 Å². The molecule has 1 N–H and O–H groups in total. The highest BCUT2D eigenvalue weighted by molar-refractivity contribution is 7.22. The minimum absolute atomic E-state index is 0.0854. The van der Waals surface area contributed by atoms with Crippen LogP contribution in [0.5, 0.6) is 0 Å². The Morgan fingerprint density at radius 3 is 3.04 bits per heavy atom. The van der Waals surface area contributed by atoms with E-state index >= 15 is 0 Å². The summed E-state index contributed by atoms with van der Waals surface area (Å²) in [6.45, 7) is 3.07. The number of fused-ring (bicyclic) bond motifs is 1. The summed E-state index contributed by atoms with van der Waals surface area (Å²) in [4.78, 5) is 31.3. The molecule has 0 spiro atoms. The Morgan fingerprint density at radius 2 is 2.23 bits per heavy atom. The fraction of sp³-hybridized carbons (Fsp3) is 0.316. The van der Waals surface area contributed by atoms with Crippen molar-refractivity contribution >= 4 is 38.5 Å². The summed E-state index contributed by atoms with van der Waals surface area (Å²) >= 11 is 1.47. The maximum Gasteiger partial charge on any atom is 0.289 e. The second kappa shape index (κ2) is 6.92. The smallest absolute Gasteiger partial charge is 0.289 e. The van der Waals surface area contributed by atoms with E-state index in [1.807, 2.05) is 19.1 Å². The Kier molecular flexibility index (Phi) is 4.46. The van der Waals surface area contributed by atoms with Gasteiger partial charge in [0, 0.05) is 13.1 Å². The number of piperidine rings is 1. The summed E-state index contributed by atoms with van der Waals surface area (Å²) in [6, 6.07) is 9.37. The summed E-state index contributed by atoms with van der Waals surface area (Å²) in [5.41, 5.74) is 2.05. The zero-order valence-electron chi connectivity index (χ0n) is 14.4. The normalized spacial score (nSPS) is 17.4. The number of aromatic nitrogens is 1. The fourth-order valence-corrected chi connectivity index (χ4v) is 4.19. The summed E-state index contributed by atoms with van der Waals surface area (Å²) in [5.74, 6) is -0.176. The molecular formula is C19H19N3O3S. The van der Waals surface area contributed by atoms with Gasteiger partial charge in [-0.25, -0.2) is 4.98 Å². The number of hydrogen-bond donors (Lipinski definition) is 1. The number of anilines is 1. The van der Waals surface area contributed by atoms with Crippen LogP contribution in [0.1, 0.15) is 29.0 Å². The molecule has 3 aromatic rings. The Hall–Kier alpha value is -2.67. The number of carbonyl (C=O) groups excluding carboxylic acids is 2. The molecule has 2 amide bonds. The SMILES string of the molecule is Cc1ccc2nc(NC(=O)C3CCCN(C(=O)c4ccco4)C3)sc2c1. The van der Waals surface area contributed by atoms with E-state index in [1.165, 1.54) is 23.2 Å². The summed E-state index contributed by atoms with van der Waals surface area (Å²) in [7, 11) is 0. The van der Waals surface area contributed by atoms with Gasteiger partial charge in [-0.05, 0) is 49.6 Å². The molecule has 3 heterocycles. The predicted molar refractivity (Wildman–Crippen MR) is 100 cm³/mol. The van der Waals surface area contributed by atoms with Crippen molar-refractivity contribution in [3.63, 3.8) is 0 Å². The second-order valence-electron chi connectivity index (χ2n) is 6.55. The van der Waals surface area contributed by atoms with Crippen LogP contribution < -0.4 is 5.32 Å². The molecule has 4 rings (SSSR count). The lowest BCUT2D eigenvalue weighted by atomic mass is 9.97. The van der Waals surface area contributed by atoms with Crippen LogP contribution in [0.25, 0.3) is 10.2 Å². The van der Waals surface area contributed by atoms with E-state index in [2.05, 4.69) is 16.4 Å². The van der Waals surface area contributed by atoms with Gasteiger partial charge in [0.25, 0.3) is 5.91 Å². The highest BCUT2D eigenvalue weighted by Crippen LogP contribution is 2.28. The zero-order chi connectivity index (χ0) is 18.1. The van der Waals surface area contributed by atoms with E-state index in [1.54, 1.807) is 17.0 Å². The molecule has 0 radical (unpaired) electrons. The highest BCUT2D eigenvalue weighted by atomic mass is 32.1. The highest BCUT2D eigenvalue weighted by Gasteiger charge is 2.30. The van der Waals surface area contributed by atoms with Gasteiger partial charge in [-0.2, -0.15) is 0 Å². The molecule has 1 unspecified atom stereocenters. The lowest BCUT2D eigenvalue weighted by molar-refractivity contribution is -0.121. The Morgan fingerprint density at radius 1 is 1.35 bits per heavy atom. The minimum atomic E-state index is -0.239. The third-order valence-electron chi connectivity index (χ3n) is 4.59. The van der Waals surface area contributed by atoms with Crippen LogP contribution in [-0.4, -0.2) is 34.8 Å². The molecule has 6 nitrogen and oxygen atoms in total. The van der Waals surface area contributed by atoms with E-state index in [0.29, 0.717) is 24.0 Å². The number of rotatable bonds is 3. The standard InChI is InChI=1S/C19H19N3O3S/c1-12-6-7-14-16(10-12)26-19(20-14)21-17(23)13-4-2-8-22(11-13)18(24)15-5-3-9-25-15/h3,5-7,9-10,13H,2,4,8,11H2,1H3,(H,20,21,23). The Labute approximate surface area is 154 Å². The van der Waals surface area contributed by atoms with E-state index in [0.717, 1.165) is 23.1 Å². The fourth-order valence-electron chi connectivity index (χ4n) is 3.22. The van der Waals surface area contributed by atoms with Crippen molar-refractivity contribution < 1.29 is 14.0 Å². The topological polar surface area (TPSA) is 75.4 Å². The zero-order valence-corrected chi connectivity index (χ0v) is 15.2. The second-order valence-corrected chi connectivity index (χ2v) is 7.58. The van der Waals surface area contributed by atoms with Gasteiger partial charge in [0.15, 0.2) is 10.9 Å². The first-order valence-corrected chi connectivity index (χ1v) is 9.42. The largest absolute Gasteiger partial charge is 0.459 e. The number of amides is 2. The van der Waals surface area contributed by atoms with Crippen LogP contribution in [0.4, 0.5) is 5.13 Å². The van der Waals surface area contributed by atoms with Crippen molar-refractivity contribution in [1.82, 2.24) is 9.88 Å². The van der Waals surface area contributed by atoms with E-state index in [4.69, 9.17) is 4.42 Å². The van der Waals surface area contributed by atoms with E-state index < -0.39 is 0 Å². The molecule has 0 aliphatic carbocycles. The summed E-state index contributed by atoms with van der Waals surface area (Å²) < 4.78 is 6.24. The van der Waals surface area contributed by atoms with Crippen molar-refractivity contribution in [2.24, 2.45) is 5.92 Å². The molecule has 26 heavy (non-hydrogen) atoms. The molecule has 1 atom stereocenters. The molecular weight excluding hydrogens is 350 g/mol. The number of hydrogen-bond acceptors (Lipinski definition) is 5. The van der Waals surface area contributed by atoms with Gasteiger partial charge in [0.05, 0.1) is 22.4 Å². The number of carbonyl (C=O) groups is 2. The van der Waals surface area contributed by atoms with Crippen LogP contribution in [0.2, 0.25) is 0 Å². The molecule has 1 saturated heterocycles. The van der Waals surface area contributed by atoms with Crippen molar-refractivity contribution in [3.05, 3.63) is 47.9 Å². The van der Waals surface area contributed by atoms with Gasteiger partial charge < -0.3 is 14.6 Å². The van der Waals surface area contributed by atoms with Crippen molar-refractivity contribution in [1.29, 1.82) is 0 Å². The van der Waals surface area contributed by atoms with Gasteiger partial charge in [0.1, 0.15) is 0 Å². The number of nitrogens with one attached hydrogen (secondary N) is 1. The maximum atomic E-state index is 12.7. The quantitative estimate of drug-likeness (QED) is 0.764. The van der Waals surface area contributed by atoms with E-state index in [9.17, 15) is 9.59 Å². The summed E-state index contributed by atoms with van der Waals surface area (Å²) in [6.07, 6.45) is 3.04. The number of thiazole rings is 1. The monoisotopic (exact) mass is 369 g/mol. The molecule has 2 aromatic heterocycles. The minimum Gasteiger partial charge on any atom is -0.459 e. The Bertz CT molecular complexity index is 948. The molecule has 134 valence electrons. The van der Waals surface area contributed by atoms with Crippen molar-refractivity contribution in [2.45, 2.75) is 19.8 Å². The average Bonchev–Trinajstić information content (AvgIpc) is 3.30. The summed E-state index contributed by atoms with van der Waals surface area (Å²) in [5, 5.41) is 3.52. The van der Waals surface area contributed by atoms with Crippen molar-refractivity contribution in [3.8, 4) is 0 Å². The molecule has 1 aromatic carbocycles. The van der Waals surface area contributed by atoms with Gasteiger partial charge in [-0.15, -0.1) is 0 Å². The maximum absolute atomic E-state index is 12.7. The average molecular weight is 369 g/mol. The van der Waals surface area contributed by atoms with Crippen LogP contribution >= 0.6 is 11.3 Å². The van der Waals surface area contributed by atoms with Gasteiger partial charge in [-0.1, -0.05) is 17.4 Å². The Balaban J connectivity index is 1.44. The van der Waals surface area contributed by atoms with Gasteiger partial charge in [0.2, 0.25) is 5.91 Å². The number of nitrogens with zero attached hydrogens (tertiary/aromatic N) is 2. The van der Waals surface area contributed by atoms with Gasteiger partial charge >= 0.3 is 0 Å². The molecule has 0 bridgehead atoms. The molecule has 1 fully saturated rings. The lowest BCUT2D eigenvalue weighted by Gasteiger charge is -2.31. The lowest BCUT2D eigenvalue weighted by Crippen LogP contribution is -2.43. The van der Waals surface area contributed by atoms with Crippen LogP contribution in [0, 0.1) is 12.8 Å². The number of benzene rings is 1. The number of furan rings is 1. The van der Waals surface area contributed by atoms with E-state index in [-0.39, 0.29) is 17.7 Å². The molecule has 1 aliphatic heterocycles. The van der Waals surface area contributed by atoms with Crippen molar-refractivity contribution in [2.75, 3.05) is 18.4 Å². The number of aryl methyl sites for hydroxylation is 1. The third kappa shape index (κ3) is 3.35. The molecule has 0 saturated carbocycles. The van der Waals surface area contributed by atoms with Crippen LogP contribution in [0.15, 0.2) is 41.0 Å². The molecule has 1 aliphatic rings.